The van der Waals surface area contributed by atoms with Crippen LogP contribution < -0.4 is 5.32 Å². The molecule has 1 aromatic rings. The zero-order valence-electron chi connectivity index (χ0n) is 11.1. The van der Waals surface area contributed by atoms with Gasteiger partial charge in [0.25, 0.3) is 5.91 Å². The number of carbonyl (C=O) groups is 2. The molecule has 0 aromatic carbocycles. The zero-order valence-corrected chi connectivity index (χ0v) is 13.5. The SMILES string of the molecule is CN(CC(=O)N1CCNCC1)C(=O)c1sccc1Cl.Cl. The van der Waals surface area contributed by atoms with Crippen LogP contribution in [0.3, 0.4) is 0 Å². The minimum absolute atomic E-state index is 0. The number of hydrogen-bond donors (Lipinski definition) is 1. The molecule has 0 spiro atoms. The summed E-state index contributed by atoms with van der Waals surface area (Å²) in [5, 5.41) is 5.39. The van der Waals surface area contributed by atoms with Gasteiger partial charge in [0.05, 0.1) is 11.6 Å². The van der Waals surface area contributed by atoms with Crippen LogP contribution in [0.25, 0.3) is 0 Å². The first-order valence-corrected chi connectivity index (χ1v) is 7.32. The van der Waals surface area contributed by atoms with Crippen molar-refractivity contribution in [3.8, 4) is 0 Å². The summed E-state index contributed by atoms with van der Waals surface area (Å²) in [6.45, 7) is 3.09. The normalized spacial score (nSPS) is 14.6. The molecule has 0 radical (unpaired) electrons. The lowest BCUT2D eigenvalue weighted by Gasteiger charge is -2.29. The molecule has 0 aliphatic carbocycles. The Morgan fingerprint density at radius 3 is 2.65 bits per heavy atom. The molecule has 1 N–H and O–H groups in total. The van der Waals surface area contributed by atoms with Crippen LogP contribution in [0.2, 0.25) is 5.02 Å². The van der Waals surface area contributed by atoms with Gasteiger partial charge < -0.3 is 15.1 Å². The number of amides is 2. The van der Waals surface area contributed by atoms with Crippen LogP contribution in [0, 0.1) is 0 Å². The molecule has 2 heterocycles. The molecule has 112 valence electrons. The van der Waals surface area contributed by atoms with E-state index in [1.165, 1.54) is 16.2 Å². The molecule has 5 nitrogen and oxygen atoms in total. The van der Waals surface area contributed by atoms with Crippen LogP contribution in [0.1, 0.15) is 9.67 Å². The largest absolute Gasteiger partial charge is 0.339 e. The second-order valence-corrected chi connectivity index (χ2v) is 5.71. The molecular formula is C12H17Cl2N3O2S. The number of rotatable bonds is 3. The second kappa shape index (κ2) is 7.83. The number of halogens is 2. The van der Waals surface area contributed by atoms with Gasteiger partial charge >= 0.3 is 0 Å². The Bertz CT molecular complexity index is 475. The highest BCUT2D eigenvalue weighted by atomic mass is 35.5. The molecule has 0 unspecified atom stereocenters. The fraction of sp³-hybridized carbons (Fsp3) is 0.500. The minimum atomic E-state index is -0.205. The molecule has 0 atom stereocenters. The molecule has 1 aromatic heterocycles. The van der Waals surface area contributed by atoms with E-state index < -0.39 is 0 Å². The Morgan fingerprint density at radius 2 is 2.10 bits per heavy atom. The van der Waals surface area contributed by atoms with Crippen LogP contribution in [0.5, 0.6) is 0 Å². The first-order valence-electron chi connectivity index (χ1n) is 6.06. The van der Waals surface area contributed by atoms with Gasteiger partial charge in [0.2, 0.25) is 5.91 Å². The van der Waals surface area contributed by atoms with Gasteiger partial charge in [-0.1, -0.05) is 11.6 Å². The molecule has 2 amide bonds. The van der Waals surface area contributed by atoms with E-state index in [9.17, 15) is 9.59 Å². The summed E-state index contributed by atoms with van der Waals surface area (Å²) in [5.41, 5.74) is 0. The van der Waals surface area contributed by atoms with E-state index in [0.717, 1.165) is 13.1 Å². The van der Waals surface area contributed by atoms with Gasteiger partial charge in [-0.3, -0.25) is 9.59 Å². The third-order valence-corrected chi connectivity index (χ3v) is 4.33. The van der Waals surface area contributed by atoms with Crippen molar-refractivity contribution >= 4 is 47.2 Å². The second-order valence-electron chi connectivity index (χ2n) is 4.39. The Labute approximate surface area is 133 Å². The highest BCUT2D eigenvalue weighted by Crippen LogP contribution is 2.23. The smallest absolute Gasteiger partial charge is 0.265 e. The van der Waals surface area contributed by atoms with E-state index >= 15 is 0 Å². The molecular weight excluding hydrogens is 321 g/mol. The maximum absolute atomic E-state index is 12.1. The topological polar surface area (TPSA) is 52.7 Å². The third kappa shape index (κ3) is 4.09. The summed E-state index contributed by atoms with van der Waals surface area (Å²) in [6.07, 6.45) is 0. The molecule has 1 fully saturated rings. The Kier molecular flexibility index (Phi) is 6.75. The van der Waals surface area contributed by atoms with Crippen molar-refractivity contribution in [1.82, 2.24) is 15.1 Å². The molecule has 2 rings (SSSR count). The van der Waals surface area contributed by atoms with E-state index in [-0.39, 0.29) is 30.8 Å². The van der Waals surface area contributed by atoms with Gasteiger partial charge in [-0.15, -0.1) is 23.7 Å². The monoisotopic (exact) mass is 337 g/mol. The first-order chi connectivity index (χ1) is 9.09. The van der Waals surface area contributed by atoms with E-state index in [0.29, 0.717) is 23.0 Å². The predicted octanol–water partition coefficient (Wildman–Crippen LogP) is 1.33. The lowest BCUT2D eigenvalue weighted by atomic mass is 10.3. The van der Waals surface area contributed by atoms with Gasteiger partial charge in [0.1, 0.15) is 4.88 Å². The molecule has 1 saturated heterocycles. The van der Waals surface area contributed by atoms with Gasteiger partial charge in [-0.05, 0) is 11.4 Å². The van der Waals surface area contributed by atoms with E-state index in [4.69, 9.17) is 11.6 Å². The molecule has 8 heteroatoms. The summed E-state index contributed by atoms with van der Waals surface area (Å²) >= 11 is 7.21. The summed E-state index contributed by atoms with van der Waals surface area (Å²) < 4.78 is 0. The van der Waals surface area contributed by atoms with Crippen molar-refractivity contribution < 1.29 is 9.59 Å². The van der Waals surface area contributed by atoms with Crippen LogP contribution in [0.4, 0.5) is 0 Å². The van der Waals surface area contributed by atoms with E-state index in [1.54, 1.807) is 23.4 Å². The predicted molar refractivity (Wildman–Crippen MR) is 83.0 cm³/mol. The van der Waals surface area contributed by atoms with Crippen molar-refractivity contribution in [2.45, 2.75) is 0 Å². The quantitative estimate of drug-likeness (QED) is 0.905. The maximum Gasteiger partial charge on any atom is 0.265 e. The molecule has 0 bridgehead atoms. The highest BCUT2D eigenvalue weighted by Gasteiger charge is 2.22. The molecule has 20 heavy (non-hydrogen) atoms. The van der Waals surface area contributed by atoms with E-state index in [1.807, 2.05) is 0 Å². The van der Waals surface area contributed by atoms with Crippen molar-refractivity contribution in [2.24, 2.45) is 0 Å². The summed E-state index contributed by atoms with van der Waals surface area (Å²) in [5.74, 6) is -0.228. The molecule has 1 aliphatic rings. The number of nitrogens with zero attached hydrogens (tertiary/aromatic N) is 2. The van der Waals surface area contributed by atoms with Crippen molar-refractivity contribution in [1.29, 1.82) is 0 Å². The minimum Gasteiger partial charge on any atom is -0.339 e. The number of nitrogens with one attached hydrogen (secondary N) is 1. The van der Waals surface area contributed by atoms with Crippen LogP contribution in [-0.4, -0.2) is 61.4 Å². The standard InChI is InChI=1S/C12H16ClN3O2S.ClH/c1-15(12(18)11-9(13)2-7-19-11)8-10(17)16-5-3-14-4-6-16;/h2,7,14H,3-6,8H2,1H3;1H. The lowest BCUT2D eigenvalue weighted by molar-refractivity contribution is -0.132. The van der Waals surface area contributed by atoms with E-state index in [2.05, 4.69) is 5.32 Å². The number of piperazine rings is 1. The zero-order chi connectivity index (χ0) is 13.8. The van der Waals surface area contributed by atoms with Crippen LogP contribution in [0.15, 0.2) is 11.4 Å². The van der Waals surface area contributed by atoms with Gasteiger partial charge in [0.15, 0.2) is 0 Å². The van der Waals surface area contributed by atoms with Crippen molar-refractivity contribution in [2.75, 3.05) is 39.8 Å². The Balaban J connectivity index is 0.00000200. The highest BCUT2D eigenvalue weighted by molar-refractivity contribution is 7.12. The Hall–Kier alpha value is -0.820. The molecule has 1 aliphatic heterocycles. The number of carbonyl (C=O) groups excluding carboxylic acids is 2. The average molecular weight is 338 g/mol. The van der Waals surface area contributed by atoms with Crippen LogP contribution >= 0.6 is 35.3 Å². The fourth-order valence-corrected chi connectivity index (χ4v) is 3.04. The third-order valence-electron chi connectivity index (χ3n) is 3.00. The van der Waals surface area contributed by atoms with Gasteiger partial charge in [0, 0.05) is 33.2 Å². The maximum atomic E-state index is 12.1. The van der Waals surface area contributed by atoms with Crippen LogP contribution in [-0.2, 0) is 4.79 Å². The number of likely N-dealkylation sites (N-methyl/N-ethyl adjacent to an activating group) is 1. The fourth-order valence-electron chi connectivity index (χ4n) is 1.91. The average Bonchev–Trinajstić information content (AvgIpc) is 2.85. The van der Waals surface area contributed by atoms with Crippen molar-refractivity contribution in [3.63, 3.8) is 0 Å². The van der Waals surface area contributed by atoms with Crippen molar-refractivity contribution in [3.05, 3.63) is 21.3 Å². The number of hydrogen-bond acceptors (Lipinski definition) is 4. The molecule has 0 saturated carbocycles. The number of thiophene rings is 1. The van der Waals surface area contributed by atoms with Gasteiger partial charge in [-0.25, -0.2) is 0 Å². The first kappa shape index (κ1) is 17.2. The summed E-state index contributed by atoms with van der Waals surface area (Å²) in [7, 11) is 1.62. The Morgan fingerprint density at radius 1 is 1.45 bits per heavy atom. The lowest BCUT2D eigenvalue weighted by Crippen LogP contribution is -2.49. The van der Waals surface area contributed by atoms with Gasteiger partial charge in [-0.2, -0.15) is 0 Å². The summed E-state index contributed by atoms with van der Waals surface area (Å²) in [6, 6.07) is 1.69. The summed E-state index contributed by atoms with van der Waals surface area (Å²) in [4.78, 5) is 27.8.